The van der Waals surface area contributed by atoms with Crippen molar-refractivity contribution in [1.82, 2.24) is 0 Å². The van der Waals surface area contributed by atoms with Crippen LogP contribution in [0.3, 0.4) is 0 Å². The monoisotopic (exact) mass is 346 g/mol. The number of esters is 1. The molecule has 118 valence electrons. The highest BCUT2D eigenvalue weighted by Crippen LogP contribution is 2.45. The van der Waals surface area contributed by atoms with Gasteiger partial charge in [-0.1, -0.05) is 23.2 Å². The number of carbonyl (C=O) groups is 3. The number of ether oxygens (including phenoxy) is 3. The Hall–Kier alpha value is -1.63. The number of halogens is 2. The summed E-state index contributed by atoms with van der Waals surface area (Å²) in [6.45, 7) is 3.30. The summed E-state index contributed by atoms with van der Waals surface area (Å²) in [6, 6.07) is 0. The van der Waals surface area contributed by atoms with Crippen LogP contribution in [-0.4, -0.2) is 36.5 Å². The van der Waals surface area contributed by atoms with Gasteiger partial charge in [0.25, 0.3) is 5.79 Å². The average molecular weight is 347 g/mol. The molecule has 1 atom stereocenters. The molecular weight excluding hydrogens is 335 g/mol. The number of hydrogen-bond acceptors (Lipinski definition) is 6. The topological polar surface area (TPSA) is 78.9 Å². The first kappa shape index (κ1) is 16.7. The number of carbonyl (C=O) groups excluding carboxylic acids is 3. The van der Waals surface area contributed by atoms with Gasteiger partial charge in [-0.05, 0) is 13.8 Å². The quantitative estimate of drug-likeness (QED) is 0.571. The van der Waals surface area contributed by atoms with Gasteiger partial charge in [0.1, 0.15) is 10.1 Å². The van der Waals surface area contributed by atoms with E-state index < -0.39 is 34.5 Å². The smallest absolute Gasteiger partial charge is 0.354 e. The lowest BCUT2D eigenvalue weighted by atomic mass is 9.94. The molecule has 2 aliphatic rings. The Kier molecular flexibility index (Phi) is 4.47. The van der Waals surface area contributed by atoms with E-state index in [1.165, 1.54) is 7.11 Å². The van der Waals surface area contributed by atoms with Crippen molar-refractivity contribution in [3.8, 4) is 0 Å². The molecule has 2 rings (SSSR count). The van der Waals surface area contributed by atoms with E-state index in [2.05, 4.69) is 0 Å². The van der Waals surface area contributed by atoms with Gasteiger partial charge in [0.05, 0.1) is 18.8 Å². The van der Waals surface area contributed by atoms with Gasteiger partial charge >= 0.3 is 5.97 Å². The van der Waals surface area contributed by atoms with Gasteiger partial charge in [0.15, 0.2) is 11.5 Å². The second-order valence-corrected chi connectivity index (χ2v) is 5.56. The van der Waals surface area contributed by atoms with E-state index in [-0.39, 0.29) is 16.4 Å². The molecule has 1 aliphatic carbocycles. The van der Waals surface area contributed by atoms with E-state index in [9.17, 15) is 14.4 Å². The first-order valence-corrected chi connectivity index (χ1v) is 7.02. The largest absolute Gasteiger partial charge is 0.493 e. The summed E-state index contributed by atoms with van der Waals surface area (Å²) in [4.78, 5) is 35.9. The molecule has 0 bridgehead atoms. The number of cyclic esters (lactones) is 1. The van der Waals surface area contributed by atoms with Gasteiger partial charge in [-0.2, -0.15) is 0 Å². The van der Waals surface area contributed by atoms with Crippen LogP contribution in [-0.2, 0) is 28.6 Å². The van der Waals surface area contributed by atoms with Crippen molar-refractivity contribution in [3.63, 3.8) is 0 Å². The number of allylic oxidation sites excluding steroid dienone is 2. The number of ketones is 2. The van der Waals surface area contributed by atoms with Crippen LogP contribution in [0.1, 0.15) is 13.8 Å². The van der Waals surface area contributed by atoms with E-state index in [1.54, 1.807) is 13.8 Å². The Labute approximate surface area is 136 Å². The van der Waals surface area contributed by atoms with E-state index in [0.29, 0.717) is 0 Å². The molecule has 0 saturated heterocycles. The van der Waals surface area contributed by atoms with Gasteiger partial charge in [0, 0.05) is 12.2 Å². The highest BCUT2D eigenvalue weighted by atomic mass is 35.5. The molecule has 6 nitrogen and oxygen atoms in total. The molecule has 0 aromatic carbocycles. The molecule has 0 saturated carbocycles. The van der Waals surface area contributed by atoms with Gasteiger partial charge in [-0.25, -0.2) is 4.79 Å². The average Bonchev–Trinajstić information content (AvgIpc) is 2.65. The zero-order valence-electron chi connectivity index (χ0n) is 11.9. The maximum atomic E-state index is 12.3. The van der Waals surface area contributed by atoms with E-state index in [4.69, 9.17) is 37.4 Å². The van der Waals surface area contributed by atoms with Crippen LogP contribution in [0, 0.1) is 0 Å². The molecule has 0 amide bonds. The van der Waals surface area contributed by atoms with Crippen LogP contribution in [0.2, 0.25) is 0 Å². The van der Waals surface area contributed by atoms with Crippen molar-refractivity contribution in [2.75, 3.05) is 7.11 Å². The fraction of sp³-hybridized carbons (Fsp3) is 0.357. The minimum Gasteiger partial charge on any atom is -0.493 e. The molecule has 0 aromatic heterocycles. The summed E-state index contributed by atoms with van der Waals surface area (Å²) >= 11 is 11.8. The predicted octanol–water partition coefficient (Wildman–Crippen LogP) is 1.96. The number of rotatable bonds is 4. The standard InChI is InChI=1S/C14H12Cl2O6/c1-6(2)21-14(12(16)11(15)13(19)22-14)7-4-9(18)10(20-3)5-8(7)17/h4-6H,1-3H3/t14-/m1/s1. The lowest BCUT2D eigenvalue weighted by Gasteiger charge is -2.32. The maximum absolute atomic E-state index is 12.3. The zero-order chi connectivity index (χ0) is 16.7. The Morgan fingerprint density at radius 3 is 2.23 bits per heavy atom. The summed E-state index contributed by atoms with van der Waals surface area (Å²) in [5.74, 6) is -4.30. The molecule has 1 aliphatic heterocycles. The minimum absolute atomic E-state index is 0.135. The summed E-state index contributed by atoms with van der Waals surface area (Å²) in [6.07, 6.45) is 1.47. The van der Waals surface area contributed by atoms with Crippen molar-refractivity contribution in [1.29, 1.82) is 0 Å². The van der Waals surface area contributed by atoms with Gasteiger partial charge in [-0.3, -0.25) is 9.59 Å². The van der Waals surface area contributed by atoms with Crippen molar-refractivity contribution in [2.24, 2.45) is 0 Å². The molecule has 0 spiro atoms. The number of hydrogen-bond donors (Lipinski definition) is 0. The van der Waals surface area contributed by atoms with Crippen molar-refractivity contribution < 1.29 is 28.6 Å². The molecule has 0 fully saturated rings. The summed E-state index contributed by atoms with van der Waals surface area (Å²) in [5.41, 5.74) is -0.235. The zero-order valence-corrected chi connectivity index (χ0v) is 13.4. The molecule has 0 aromatic rings. The van der Waals surface area contributed by atoms with Crippen molar-refractivity contribution in [3.05, 3.63) is 33.5 Å². The van der Waals surface area contributed by atoms with Crippen molar-refractivity contribution in [2.45, 2.75) is 25.7 Å². The summed E-state index contributed by atoms with van der Waals surface area (Å²) < 4.78 is 15.4. The van der Waals surface area contributed by atoms with Crippen LogP contribution < -0.4 is 0 Å². The fourth-order valence-electron chi connectivity index (χ4n) is 2.06. The lowest BCUT2D eigenvalue weighted by Crippen LogP contribution is -2.42. The highest BCUT2D eigenvalue weighted by Gasteiger charge is 2.54. The Bertz CT molecular complexity index is 658. The van der Waals surface area contributed by atoms with E-state index in [1.807, 2.05) is 0 Å². The third kappa shape index (κ3) is 2.58. The first-order chi connectivity index (χ1) is 10.2. The van der Waals surface area contributed by atoms with Crippen LogP contribution in [0.4, 0.5) is 0 Å². The van der Waals surface area contributed by atoms with Crippen LogP contribution >= 0.6 is 23.2 Å². The Morgan fingerprint density at radius 2 is 1.77 bits per heavy atom. The van der Waals surface area contributed by atoms with Crippen LogP contribution in [0.15, 0.2) is 33.5 Å². The van der Waals surface area contributed by atoms with E-state index >= 15 is 0 Å². The molecule has 8 heteroatoms. The third-order valence-electron chi connectivity index (χ3n) is 2.92. The molecular formula is C14H12Cl2O6. The highest BCUT2D eigenvalue weighted by molar-refractivity contribution is 6.49. The van der Waals surface area contributed by atoms with Crippen molar-refractivity contribution >= 4 is 40.7 Å². The van der Waals surface area contributed by atoms with Gasteiger partial charge in [0.2, 0.25) is 5.78 Å². The van der Waals surface area contributed by atoms with Gasteiger partial charge in [-0.15, -0.1) is 0 Å². The first-order valence-electron chi connectivity index (χ1n) is 6.26. The summed E-state index contributed by atoms with van der Waals surface area (Å²) in [7, 11) is 1.26. The molecule has 1 heterocycles. The second-order valence-electron chi connectivity index (χ2n) is 4.80. The molecule has 0 radical (unpaired) electrons. The van der Waals surface area contributed by atoms with Crippen LogP contribution in [0.5, 0.6) is 0 Å². The minimum atomic E-state index is -2.02. The van der Waals surface area contributed by atoms with Gasteiger partial charge < -0.3 is 14.2 Å². The predicted molar refractivity (Wildman–Crippen MR) is 77.0 cm³/mol. The Morgan fingerprint density at radius 1 is 1.14 bits per heavy atom. The normalized spacial score (nSPS) is 25.5. The summed E-state index contributed by atoms with van der Waals surface area (Å²) in [5, 5.41) is -0.695. The molecule has 0 N–H and O–H groups in total. The van der Waals surface area contributed by atoms with E-state index in [0.717, 1.165) is 12.2 Å². The molecule has 22 heavy (non-hydrogen) atoms. The molecule has 0 unspecified atom stereocenters. The maximum Gasteiger partial charge on any atom is 0.354 e. The number of methoxy groups -OCH3 is 1. The fourth-order valence-corrected chi connectivity index (χ4v) is 2.48. The SMILES string of the molecule is COC1=CC(=O)C([C@@]2(OC(C)C)OC(=O)C(Cl)=C2Cl)=CC1=O. The Balaban J connectivity index is 2.57. The van der Waals surface area contributed by atoms with Crippen LogP contribution in [0.25, 0.3) is 0 Å². The second kappa shape index (κ2) is 5.87. The third-order valence-corrected chi connectivity index (χ3v) is 3.80. The lowest BCUT2D eigenvalue weighted by molar-refractivity contribution is -0.196.